The Bertz CT molecular complexity index is 659. The largest absolute Gasteiger partial charge is 0.378 e. The molecule has 2 rings (SSSR count). The summed E-state index contributed by atoms with van der Waals surface area (Å²) in [4.78, 5) is 6.56. The minimum Gasteiger partial charge on any atom is -0.378 e. The molecular formula is C16H28N4O3S. The van der Waals surface area contributed by atoms with E-state index < -0.39 is 10.2 Å². The number of morpholine rings is 1. The van der Waals surface area contributed by atoms with Crippen molar-refractivity contribution in [3.63, 3.8) is 0 Å². The van der Waals surface area contributed by atoms with Crippen molar-refractivity contribution in [3.8, 4) is 0 Å². The van der Waals surface area contributed by atoms with E-state index >= 15 is 0 Å². The van der Waals surface area contributed by atoms with Crippen LogP contribution in [0.4, 0.5) is 5.69 Å². The van der Waals surface area contributed by atoms with Crippen molar-refractivity contribution in [2.75, 3.05) is 51.8 Å². The fourth-order valence-electron chi connectivity index (χ4n) is 2.83. The van der Waals surface area contributed by atoms with Crippen molar-refractivity contribution in [1.82, 2.24) is 13.6 Å². The Hall–Kier alpha value is -1.22. The second-order valence-corrected chi connectivity index (χ2v) is 8.02. The molecule has 8 heteroatoms. The number of anilines is 1. The van der Waals surface area contributed by atoms with E-state index in [1.54, 1.807) is 0 Å². The molecule has 0 unspecified atom stereocenters. The average Bonchev–Trinajstić information content (AvgIpc) is 2.55. The van der Waals surface area contributed by atoms with Gasteiger partial charge < -0.3 is 9.64 Å². The van der Waals surface area contributed by atoms with Gasteiger partial charge in [-0.3, -0.25) is 4.98 Å². The Morgan fingerprint density at radius 2 is 1.96 bits per heavy atom. The van der Waals surface area contributed by atoms with Gasteiger partial charge in [0.1, 0.15) is 6.10 Å². The van der Waals surface area contributed by atoms with Gasteiger partial charge in [-0.05, 0) is 19.1 Å². The first kappa shape index (κ1) is 19.1. The molecule has 1 aromatic heterocycles. The van der Waals surface area contributed by atoms with Gasteiger partial charge in [-0.25, -0.2) is 0 Å². The highest BCUT2D eigenvalue weighted by molar-refractivity contribution is 7.86. The maximum Gasteiger partial charge on any atom is 0.282 e. The zero-order chi connectivity index (χ0) is 17.9. The Morgan fingerprint density at radius 1 is 1.29 bits per heavy atom. The number of aromatic nitrogens is 1. The zero-order valence-corrected chi connectivity index (χ0v) is 16.0. The highest BCUT2D eigenvalue weighted by Crippen LogP contribution is 2.26. The van der Waals surface area contributed by atoms with Gasteiger partial charge in [0, 0.05) is 51.7 Å². The smallest absolute Gasteiger partial charge is 0.282 e. The van der Waals surface area contributed by atoms with Crippen molar-refractivity contribution in [3.05, 3.63) is 23.5 Å². The molecule has 7 nitrogen and oxygen atoms in total. The van der Waals surface area contributed by atoms with E-state index in [-0.39, 0.29) is 6.10 Å². The molecule has 1 fully saturated rings. The summed E-state index contributed by atoms with van der Waals surface area (Å²) in [5.41, 5.74) is 2.70. The summed E-state index contributed by atoms with van der Waals surface area (Å²) in [6, 6.07) is 3.96. The van der Waals surface area contributed by atoms with E-state index in [2.05, 4.69) is 4.98 Å². The van der Waals surface area contributed by atoms with Crippen LogP contribution < -0.4 is 4.90 Å². The SMILES string of the molecule is CCN(CC)S(=O)(=O)N1CCO[C@H](c2cc(N(C)C)cc(C)n2)C1. The van der Waals surface area contributed by atoms with Crippen LogP contribution in [0.25, 0.3) is 0 Å². The third-order valence-corrected chi connectivity index (χ3v) is 6.34. The monoisotopic (exact) mass is 356 g/mol. The fourth-order valence-corrected chi connectivity index (χ4v) is 4.43. The van der Waals surface area contributed by atoms with E-state index in [0.29, 0.717) is 32.8 Å². The maximum absolute atomic E-state index is 12.7. The van der Waals surface area contributed by atoms with E-state index in [4.69, 9.17) is 4.74 Å². The Kier molecular flexibility index (Phi) is 6.19. The van der Waals surface area contributed by atoms with Gasteiger partial charge in [0.15, 0.2) is 0 Å². The minimum atomic E-state index is -3.45. The molecule has 0 bridgehead atoms. The van der Waals surface area contributed by atoms with E-state index in [1.807, 2.05) is 51.9 Å². The number of aryl methyl sites for hydroxylation is 1. The molecule has 2 heterocycles. The molecule has 24 heavy (non-hydrogen) atoms. The van der Waals surface area contributed by atoms with Crippen LogP contribution in [0.3, 0.4) is 0 Å². The van der Waals surface area contributed by atoms with E-state index in [9.17, 15) is 8.42 Å². The van der Waals surface area contributed by atoms with Crippen molar-refractivity contribution in [2.24, 2.45) is 0 Å². The third kappa shape index (κ3) is 4.05. The van der Waals surface area contributed by atoms with Gasteiger partial charge in [-0.1, -0.05) is 13.8 Å². The van der Waals surface area contributed by atoms with Crippen LogP contribution in [0.2, 0.25) is 0 Å². The predicted molar refractivity (Wildman–Crippen MR) is 95.4 cm³/mol. The van der Waals surface area contributed by atoms with Crippen molar-refractivity contribution >= 4 is 15.9 Å². The highest BCUT2D eigenvalue weighted by atomic mass is 32.2. The third-order valence-electron chi connectivity index (χ3n) is 4.19. The number of hydrogen-bond donors (Lipinski definition) is 0. The Balaban J connectivity index is 2.25. The number of rotatable bonds is 6. The number of pyridine rings is 1. The van der Waals surface area contributed by atoms with Gasteiger partial charge in [-0.2, -0.15) is 17.0 Å². The second-order valence-electron chi connectivity index (χ2n) is 6.10. The van der Waals surface area contributed by atoms with Crippen molar-refractivity contribution in [2.45, 2.75) is 26.9 Å². The fraction of sp³-hybridized carbons (Fsp3) is 0.688. The molecule has 0 saturated carbocycles. The van der Waals surface area contributed by atoms with Crippen LogP contribution in [0, 0.1) is 6.92 Å². The lowest BCUT2D eigenvalue weighted by molar-refractivity contribution is -0.00662. The summed E-state index contributed by atoms with van der Waals surface area (Å²) in [6.07, 6.45) is -0.345. The highest BCUT2D eigenvalue weighted by Gasteiger charge is 2.34. The molecular weight excluding hydrogens is 328 g/mol. The molecule has 1 saturated heterocycles. The van der Waals surface area contributed by atoms with Crippen molar-refractivity contribution < 1.29 is 13.2 Å². The van der Waals surface area contributed by atoms with Crippen LogP contribution in [0.5, 0.6) is 0 Å². The quantitative estimate of drug-likeness (QED) is 0.771. The summed E-state index contributed by atoms with van der Waals surface area (Å²) >= 11 is 0. The number of ether oxygens (including phenoxy) is 1. The molecule has 136 valence electrons. The predicted octanol–water partition coefficient (Wildman–Crippen LogP) is 1.42. The molecule has 0 N–H and O–H groups in total. The van der Waals surface area contributed by atoms with Crippen molar-refractivity contribution in [1.29, 1.82) is 0 Å². The van der Waals surface area contributed by atoms with E-state index in [0.717, 1.165) is 17.1 Å². The van der Waals surface area contributed by atoms with Gasteiger partial charge in [0.25, 0.3) is 10.2 Å². The Labute approximate surface area is 145 Å². The zero-order valence-electron chi connectivity index (χ0n) is 15.2. The van der Waals surface area contributed by atoms with Gasteiger partial charge in [0.05, 0.1) is 12.3 Å². The molecule has 1 aromatic rings. The summed E-state index contributed by atoms with van der Waals surface area (Å²) < 4.78 is 34.3. The topological polar surface area (TPSA) is 66.0 Å². The standard InChI is InChI=1S/C16H28N4O3S/c1-6-19(7-2)24(21,22)20-8-9-23-16(12-20)15-11-14(18(4)5)10-13(3)17-15/h10-11,16H,6-9,12H2,1-5H3/t16-/m0/s1. The summed E-state index contributed by atoms with van der Waals surface area (Å²) in [6.45, 7) is 7.61. The van der Waals surface area contributed by atoms with Crippen LogP contribution in [0.15, 0.2) is 12.1 Å². The lowest BCUT2D eigenvalue weighted by atomic mass is 10.1. The first-order valence-electron chi connectivity index (χ1n) is 8.32. The molecule has 0 aromatic carbocycles. The van der Waals surface area contributed by atoms with Crippen LogP contribution in [-0.2, 0) is 14.9 Å². The summed E-state index contributed by atoms with van der Waals surface area (Å²) in [5, 5.41) is 0. The minimum absolute atomic E-state index is 0.294. The normalized spacial score (nSPS) is 19.7. The molecule has 1 aliphatic heterocycles. The molecule has 0 radical (unpaired) electrons. The number of hydrogen-bond acceptors (Lipinski definition) is 5. The molecule has 0 aliphatic carbocycles. The van der Waals surface area contributed by atoms with Crippen LogP contribution in [0.1, 0.15) is 31.3 Å². The van der Waals surface area contributed by atoms with Gasteiger partial charge >= 0.3 is 0 Å². The lowest BCUT2D eigenvalue weighted by Gasteiger charge is -2.35. The molecule has 0 amide bonds. The molecule has 1 atom stereocenters. The molecule has 1 aliphatic rings. The average molecular weight is 356 g/mol. The summed E-state index contributed by atoms with van der Waals surface area (Å²) in [5.74, 6) is 0. The van der Waals surface area contributed by atoms with E-state index in [1.165, 1.54) is 8.61 Å². The van der Waals surface area contributed by atoms with Gasteiger partial charge in [-0.15, -0.1) is 0 Å². The van der Waals surface area contributed by atoms with Gasteiger partial charge in [0.2, 0.25) is 0 Å². The lowest BCUT2D eigenvalue weighted by Crippen LogP contribution is -2.49. The van der Waals surface area contributed by atoms with Crippen LogP contribution >= 0.6 is 0 Å². The summed E-state index contributed by atoms with van der Waals surface area (Å²) in [7, 11) is 0.486. The maximum atomic E-state index is 12.7. The van der Waals surface area contributed by atoms with Crippen LogP contribution in [-0.4, -0.2) is 68.9 Å². The second kappa shape index (κ2) is 7.77. The first-order valence-corrected chi connectivity index (χ1v) is 9.72. The first-order chi connectivity index (χ1) is 11.3. The number of nitrogens with zero attached hydrogens (tertiary/aromatic N) is 4. The molecule has 0 spiro atoms. The Morgan fingerprint density at radius 3 is 2.54 bits per heavy atom.